The predicted octanol–water partition coefficient (Wildman–Crippen LogP) is 3.27. The Hall–Kier alpha value is -1.60. The average Bonchev–Trinajstić information content (AvgIpc) is 2.83. The molecular formula is C22H37N3O3S. The van der Waals surface area contributed by atoms with Crippen molar-refractivity contribution in [3.05, 3.63) is 29.8 Å². The number of amides is 2. The lowest BCUT2D eigenvalue weighted by molar-refractivity contribution is 0.168. The molecule has 1 saturated heterocycles. The molecule has 0 radical (unpaired) electrons. The molecule has 1 aromatic carbocycles. The van der Waals surface area contributed by atoms with Crippen LogP contribution in [0.1, 0.15) is 45.1 Å². The topological polar surface area (TPSA) is 60.9 Å². The first kappa shape index (κ1) is 23.7. The molecule has 0 aromatic heterocycles. The van der Waals surface area contributed by atoms with Crippen molar-refractivity contribution in [1.29, 1.82) is 0 Å². The van der Waals surface area contributed by atoms with Gasteiger partial charge in [-0.2, -0.15) is 0 Å². The highest BCUT2D eigenvalue weighted by Crippen LogP contribution is 2.15. The van der Waals surface area contributed by atoms with Gasteiger partial charge in [-0.05, 0) is 69.8 Å². The van der Waals surface area contributed by atoms with Crippen LogP contribution in [-0.4, -0.2) is 81.2 Å². The van der Waals surface area contributed by atoms with E-state index in [1.807, 2.05) is 29.0 Å². The van der Waals surface area contributed by atoms with Crippen molar-refractivity contribution in [3.63, 3.8) is 0 Å². The van der Waals surface area contributed by atoms with Gasteiger partial charge < -0.3 is 14.7 Å². The molecule has 1 fully saturated rings. The van der Waals surface area contributed by atoms with Crippen molar-refractivity contribution in [3.8, 4) is 0 Å². The largest absolute Gasteiger partial charge is 0.328 e. The van der Waals surface area contributed by atoms with Crippen LogP contribution in [0.2, 0.25) is 0 Å². The molecule has 29 heavy (non-hydrogen) atoms. The first-order valence-corrected chi connectivity index (χ1v) is 12.6. The van der Waals surface area contributed by atoms with Gasteiger partial charge in [-0.1, -0.05) is 19.1 Å². The molecule has 0 saturated carbocycles. The van der Waals surface area contributed by atoms with Crippen molar-refractivity contribution < 1.29 is 13.2 Å². The van der Waals surface area contributed by atoms with Crippen molar-refractivity contribution in [1.82, 2.24) is 14.7 Å². The highest BCUT2D eigenvalue weighted by Gasteiger charge is 2.20. The number of hydrogen-bond acceptors (Lipinski definition) is 4. The quantitative estimate of drug-likeness (QED) is 0.542. The van der Waals surface area contributed by atoms with Gasteiger partial charge >= 0.3 is 6.03 Å². The lowest BCUT2D eigenvalue weighted by atomic mass is 10.1. The minimum atomic E-state index is -3.14. The molecule has 6 nitrogen and oxygen atoms in total. The second kappa shape index (κ2) is 11.0. The molecule has 164 valence electrons. The fourth-order valence-corrected chi connectivity index (χ4v) is 4.57. The Labute approximate surface area is 176 Å². The van der Waals surface area contributed by atoms with Crippen LogP contribution in [0.25, 0.3) is 0 Å². The van der Waals surface area contributed by atoms with E-state index in [0.717, 1.165) is 70.4 Å². The van der Waals surface area contributed by atoms with Gasteiger partial charge in [-0.25, -0.2) is 13.2 Å². The smallest absolute Gasteiger partial charge is 0.319 e. The summed E-state index contributed by atoms with van der Waals surface area (Å²) in [5.74, 6) is 0. The SMILES string of the molecule is CCN(CCCCN1CCCCN(C)C1=O)C(C)Cc1ccc(S(C)(=O)=O)cc1. The zero-order valence-electron chi connectivity index (χ0n) is 18.4. The summed E-state index contributed by atoms with van der Waals surface area (Å²) in [6, 6.07) is 7.78. The Bertz CT molecular complexity index is 749. The lowest BCUT2D eigenvalue weighted by Gasteiger charge is -2.29. The van der Waals surface area contributed by atoms with Gasteiger partial charge in [0.05, 0.1) is 4.90 Å². The predicted molar refractivity (Wildman–Crippen MR) is 118 cm³/mol. The number of carbonyl (C=O) groups excluding carboxylic acids is 1. The Kier molecular flexibility index (Phi) is 8.96. The lowest BCUT2D eigenvalue weighted by Crippen LogP contribution is -2.40. The maximum atomic E-state index is 12.3. The Morgan fingerprint density at radius 1 is 1.10 bits per heavy atom. The molecule has 0 bridgehead atoms. The second-order valence-corrected chi connectivity index (χ2v) is 10.2. The van der Waals surface area contributed by atoms with Crippen molar-refractivity contribution in [2.24, 2.45) is 0 Å². The monoisotopic (exact) mass is 423 g/mol. The van der Waals surface area contributed by atoms with E-state index in [1.54, 1.807) is 12.1 Å². The molecular weight excluding hydrogens is 386 g/mol. The zero-order valence-corrected chi connectivity index (χ0v) is 19.2. The van der Waals surface area contributed by atoms with E-state index in [9.17, 15) is 13.2 Å². The van der Waals surface area contributed by atoms with Gasteiger partial charge in [0.2, 0.25) is 0 Å². The summed E-state index contributed by atoms with van der Waals surface area (Å²) < 4.78 is 23.2. The number of likely N-dealkylation sites (N-methyl/N-ethyl adjacent to an activating group) is 1. The summed E-state index contributed by atoms with van der Waals surface area (Å²) in [6.07, 6.45) is 6.40. The van der Waals surface area contributed by atoms with E-state index in [0.29, 0.717) is 10.9 Å². The molecule has 1 aromatic rings. The fraction of sp³-hybridized carbons (Fsp3) is 0.682. The van der Waals surface area contributed by atoms with Crippen molar-refractivity contribution >= 4 is 15.9 Å². The maximum absolute atomic E-state index is 12.3. The van der Waals surface area contributed by atoms with Gasteiger partial charge in [0.25, 0.3) is 0 Å². The molecule has 0 aliphatic carbocycles. The molecule has 1 unspecified atom stereocenters. The van der Waals surface area contributed by atoms with Gasteiger partial charge in [0.1, 0.15) is 0 Å². The van der Waals surface area contributed by atoms with Crippen LogP contribution in [0.3, 0.4) is 0 Å². The molecule has 2 amide bonds. The van der Waals surface area contributed by atoms with E-state index in [-0.39, 0.29) is 6.03 Å². The standard InChI is InChI=1S/C22H37N3O3S/c1-5-24(15-8-9-17-25-16-7-6-14-23(3)22(25)26)19(2)18-20-10-12-21(13-11-20)29(4,27)28/h10-13,19H,5-9,14-18H2,1-4H3. The summed E-state index contributed by atoms with van der Waals surface area (Å²) in [5.41, 5.74) is 1.15. The van der Waals surface area contributed by atoms with Crippen LogP contribution < -0.4 is 0 Å². The molecule has 0 spiro atoms. The third-order valence-corrected chi connectivity index (χ3v) is 6.93. The highest BCUT2D eigenvalue weighted by atomic mass is 32.2. The molecule has 1 aliphatic heterocycles. The molecule has 2 rings (SSSR count). The first-order valence-electron chi connectivity index (χ1n) is 10.8. The first-order chi connectivity index (χ1) is 13.7. The number of sulfone groups is 1. The van der Waals surface area contributed by atoms with Crippen LogP contribution in [0.4, 0.5) is 4.79 Å². The van der Waals surface area contributed by atoms with Crippen LogP contribution in [-0.2, 0) is 16.3 Å². The molecule has 1 atom stereocenters. The summed E-state index contributed by atoms with van der Waals surface area (Å²) in [7, 11) is -1.25. The summed E-state index contributed by atoms with van der Waals surface area (Å²) in [5, 5.41) is 0. The summed E-state index contributed by atoms with van der Waals surface area (Å²) >= 11 is 0. The van der Waals surface area contributed by atoms with Crippen LogP contribution in [0.5, 0.6) is 0 Å². The number of rotatable bonds is 10. The molecule has 7 heteroatoms. The van der Waals surface area contributed by atoms with Gasteiger partial charge in [0.15, 0.2) is 9.84 Å². The van der Waals surface area contributed by atoms with E-state index >= 15 is 0 Å². The number of benzene rings is 1. The minimum Gasteiger partial charge on any atom is -0.328 e. The van der Waals surface area contributed by atoms with Gasteiger partial charge in [-0.15, -0.1) is 0 Å². The Morgan fingerprint density at radius 3 is 2.38 bits per heavy atom. The molecule has 1 aliphatic rings. The van der Waals surface area contributed by atoms with E-state index < -0.39 is 9.84 Å². The van der Waals surface area contributed by atoms with Crippen LogP contribution >= 0.6 is 0 Å². The summed E-state index contributed by atoms with van der Waals surface area (Å²) in [4.78, 5) is 19.0. The fourth-order valence-electron chi connectivity index (χ4n) is 3.94. The van der Waals surface area contributed by atoms with E-state index in [4.69, 9.17) is 0 Å². The van der Waals surface area contributed by atoms with Crippen molar-refractivity contribution in [2.45, 2.75) is 56.9 Å². The van der Waals surface area contributed by atoms with Crippen LogP contribution in [0.15, 0.2) is 29.2 Å². The Balaban J connectivity index is 1.79. The second-order valence-electron chi connectivity index (χ2n) is 8.20. The van der Waals surface area contributed by atoms with Gasteiger partial charge in [-0.3, -0.25) is 0 Å². The zero-order chi connectivity index (χ0) is 21.4. The van der Waals surface area contributed by atoms with Crippen LogP contribution in [0, 0.1) is 0 Å². The minimum absolute atomic E-state index is 0.167. The number of urea groups is 1. The molecule has 1 heterocycles. The Morgan fingerprint density at radius 2 is 1.76 bits per heavy atom. The van der Waals surface area contributed by atoms with Gasteiger partial charge in [0, 0.05) is 39.0 Å². The number of hydrogen-bond donors (Lipinski definition) is 0. The van der Waals surface area contributed by atoms with E-state index in [1.165, 1.54) is 6.26 Å². The third kappa shape index (κ3) is 7.30. The number of carbonyl (C=O) groups is 1. The van der Waals surface area contributed by atoms with E-state index in [2.05, 4.69) is 18.7 Å². The maximum Gasteiger partial charge on any atom is 0.319 e. The number of unbranched alkanes of at least 4 members (excludes halogenated alkanes) is 1. The van der Waals surface area contributed by atoms with Crippen molar-refractivity contribution in [2.75, 3.05) is 46.0 Å². The molecule has 0 N–H and O–H groups in total. The average molecular weight is 424 g/mol. The number of nitrogens with zero attached hydrogens (tertiary/aromatic N) is 3. The third-order valence-electron chi connectivity index (χ3n) is 5.80. The summed E-state index contributed by atoms with van der Waals surface area (Å²) in [6.45, 7) is 8.97. The highest BCUT2D eigenvalue weighted by molar-refractivity contribution is 7.90. The normalized spacial score (nSPS) is 16.9.